The molecule has 2 aromatic heterocycles. The summed E-state index contributed by atoms with van der Waals surface area (Å²) in [6.45, 7) is 0. The molecule has 0 aliphatic carbocycles. The molecule has 2 N–H and O–H groups in total. The second-order valence-corrected chi connectivity index (χ2v) is 16.4. The molecule has 292 valence electrons. The number of aromatic nitrogens is 2. The molecule has 0 saturated heterocycles. The SMILES string of the molecule is O=Cc1c(Br)cccc1-c1ccc2c(c1)c1ccccc1n2-c1ccccc1.O=Cc1c(Br)cccc1Br.OB(O)c1ccc2c(c1)c1ccccc1n2-c1ccccc1. The Kier molecular flexibility index (Phi) is 12.4. The van der Waals surface area contributed by atoms with E-state index in [1.165, 1.54) is 16.3 Å². The van der Waals surface area contributed by atoms with Crippen LogP contribution in [0.4, 0.5) is 0 Å². The zero-order chi connectivity index (χ0) is 41.8. The fourth-order valence-electron chi connectivity index (χ4n) is 7.53. The number of hydrogen-bond acceptors (Lipinski definition) is 4. The smallest absolute Gasteiger partial charge is 0.423 e. The molecule has 0 spiro atoms. The summed E-state index contributed by atoms with van der Waals surface area (Å²) in [5.74, 6) is 0. The highest BCUT2D eigenvalue weighted by Gasteiger charge is 2.17. The Morgan fingerprint density at radius 3 is 1.35 bits per heavy atom. The molecule has 0 radical (unpaired) electrons. The van der Waals surface area contributed by atoms with Crippen LogP contribution in [0.1, 0.15) is 20.7 Å². The van der Waals surface area contributed by atoms with E-state index in [0.717, 1.165) is 75.8 Å². The Labute approximate surface area is 371 Å². The van der Waals surface area contributed by atoms with Gasteiger partial charge in [-0.25, -0.2) is 0 Å². The molecule has 60 heavy (non-hydrogen) atoms. The summed E-state index contributed by atoms with van der Waals surface area (Å²) >= 11 is 9.99. The number of halogens is 3. The minimum absolute atomic E-state index is 0.503. The molecule has 0 atom stereocenters. The van der Waals surface area contributed by atoms with E-state index in [9.17, 15) is 19.6 Å². The van der Waals surface area contributed by atoms with E-state index >= 15 is 0 Å². The van der Waals surface area contributed by atoms with E-state index in [2.05, 4.69) is 148 Å². The Morgan fingerprint density at radius 1 is 0.417 bits per heavy atom. The van der Waals surface area contributed by atoms with Gasteiger partial charge in [-0.15, -0.1) is 0 Å². The molecule has 0 unspecified atom stereocenters. The maximum absolute atomic E-state index is 11.7. The van der Waals surface area contributed by atoms with Gasteiger partial charge in [-0.05, 0) is 89.4 Å². The van der Waals surface area contributed by atoms with Crippen molar-refractivity contribution in [3.8, 4) is 22.5 Å². The third-order valence-electron chi connectivity index (χ3n) is 10.3. The Morgan fingerprint density at radius 2 is 0.850 bits per heavy atom. The third kappa shape index (κ3) is 8.05. The van der Waals surface area contributed by atoms with E-state index in [1.807, 2.05) is 84.9 Å². The van der Waals surface area contributed by atoms with Crippen LogP contribution in [0.25, 0.3) is 66.1 Å². The van der Waals surface area contributed by atoms with E-state index in [1.54, 1.807) is 6.07 Å². The van der Waals surface area contributed by atoms with Crippen molar-refractivity contribution in [3.63, 3.8) is 0 Å². The van der Waals surface area contributed by atoms with Gasteiger partial charge in [-0.2, -0.15) is 0 Å². The summed E-state index contributed by atoms with van der Waals surface area (Å²) in [4.78, 5) is 22.0. The average molecular weight is 977 g/mol. The molecule has 10 heteroatoms. The highest BCUT2D eigenvalue weighted by Crippen LogP contribution is 2.37. The first-order valence-corrected chi connectivity index (χ1v) is 21.3. The van der Waals surface area contributed by atoms with Crippen molar-refractivity contribution in [1.29, 1.82) is 0 Å². The van der Waals surface area contributed by atoms with Crippen LogP contribution in [0.2, 0.25) is 0 Å². The van der Waals surface area contributed by atoms with Crippen LogP contribution >= 0.6 is 47.8 Å². The number of nitrogens with zero attached hydrogens (tertiary/aromatic N) is 2. The lowest BCUT2D eigenvalue weighted by Crippen LogP contribution is -2.29. The molecular weight excluding hydrogens is 943 g/mol. The van der Waals surface area contributed by atoms with Crippen molar-refractivity contribution >= 4 is 117 Å². The molecule has 0 aliphatic heterocycles. The summed E-state index contributed by atoms with van der Waals surface area (Å²) in [5.41, 5.74) is 10.5. The van der Waals surface area contributed by atoms with E-state index < -0.39 is 7.12 Å². The lowest BCUT2D eigenvalue weighted by molar-refractivity contribution is 0.111. The van der Waals surface area contributed by atoms with Crippen LogP contribution in [0.15, 0.2) is 195 Å². The molecule has 6 nitrogen and oxygen atoms in total. The maximum Gasteiger partial charge on any atom is 0.488 e. The number of hydrogen-bond donors (Lipinski definition) is 2. The first-order valence-electron chi connectivity index (χ1n) is 19.0. The maximum atomic E-state index is 11.7. The minimum atomic E-state index is -1.46. The standard InChI is InChI=1S/C25H16BrNO.C18H14BNO2.C7H4Br2O/c26-23-11-6-10-19(22(23)16-28)17-13-14-25-21(15-17)20-9-4-5-12-24(20)27(25)18-7-2-1-3-8-18;21-19(22)13-10-11-18-16(12-13)15-8-4-5-9-17(15)20(18)14-6-2-1-3-7-14;8-6-2-1-3-7(9)5(6)4-10/h1-16H;1-12,21-22H;1-4H. The highest BCUT2D eigenvalue weighted by atomic mass is 79.9. The Bertz CT molecular complexity index is 3150. The summed E-state index contributed by atoms with van der Waals surface area (Å²) in [5, 5.41) is 23.3. The molecule has 0 saturated carbocycles. The van der Waals surface area contributed by atoms with E-state index in [0.29, 0.717) is 16.6 Å². The van der Waals surface area contributed by atoms with Gasteiger partial charge in [0.15, 0.2) is 12.6 Å². The van der Waals surface area contributed by atoms with Crippen LogP contribution in [0.3, 0.4) is 0 Å². The molecule has 0 amide bonds. The van der Waals surface area contributed by atoms with Gasteiger partial charge in [-0.1, -0.05) is 157 Å². The Hall–Kier alpha value is -5.88. The zero-order valence-electron chi connectivity index (χ0n) is 31.8. The molecular formula is C50H34BBr3N2O4. The topological polar surface area (TPSA) is 84.5 Å². The normalized spacial score (nSPS) is 10.9. The van der Waals surface area contributed by atoms with Gasteiger partial charge in [-0.3, -0.25) is 9.59 Å². The van der Waals surface area contributed by atoms with Crippen molar-refractivity contribution in [1.82, 2.24) is 9.13 Å². The van der Waals surface area contributed by atoms with Crippen molar-refractivity contribution in [2.45, 2.75) is 0 Å². The molecule has 8 aromatic carbocycles. The number of rotatable bonds is 6. The van der Waals surface area contributed by atoms with Crippen LogP contribution in [0.5, 0.6) is 0 Å². The summed E-state index contributed by atoms with van der Waals surface area (Å²) in [6, 6.07) is 60.5. The largest absolute Gasteiger partial charge is 0.488 e. The van der Waals surface area contributed by atoms with Crippen LogP contribution < -0.4 is 5.46 Å². The summed E-state index contributed by atoms with van der Waals surface area (Å²) in [6.07, 6.45) is 1.73. The molecule has 10 aromatic rings. The molecule has 10 rings (SSSR count). The van der Waals surface area contributed by atoms with Crippen molar-refractivity contribution < 1.29 is 19.6 Å². The number of aldehydes is 2. The third-order valence-corrected chi connectivity index (χ3v) is 12.4. The fourth-order valence-corrected chi connectivity index (χ4v) is 9.18. The number of benzene rings is 8. The molecule has 2 heterocycles. The second kappa shape index (κ2) is 18.2. The predicted molar refractivity (Wildman–Crippen MR) is 257 cm³/mol. The molecule has 0 fully saturated rings. The van der Waals surface area contributed by atoms with Gasteiger partial charge in [0.2, 0.25) is 0 Å². The predicted octanol–water partition coefficient (Wildman–Crippen LogP) is 12.5. The first-order chi connectivity index (χ1) is 29.3. The molecule has 0 bridgehead atoms. The van der Waals surface area contributed by atoms with Crippen molar-refractivity contribution in [2.24, 2.45) is 0 Å². The van der Waals surface area contributed by atoms with Gasteiger partial charge < -0.3 is 19.2 Å². The average Bonchev–Trinajstić information content (AvgIpc) is 3.80. The van der Waals surface area contributed by atoms with Crippen molar-refractivity contribution in [2.75, 3.05) is 0 Å². The quantitative estimate of drug-likeness (QED) is 0.128. The van der Waals surface area contributed by atoms with Crippen LogP contribution in [-0.2, 0) is 0 Å². The molecule has 0 aliphatic rings. The highest BCUT2D eigenvalue weighted by molar-refractivity contribution is 9.11. The lowest BCUT2D eigenvalue weighted by atomic mass is 9.80. The Balaban J connectivity index is 0.000000138. The monoisotopic (exact) mass is 974 g/mol. The number of fused-ring (bicyclic) bond motifs is 6. The van der Waals surface area contributed by atoms with Crippen molar-refractivity contribution in [3.05, 3.63) is 207 Å². The second-order valence-electron chi connectivity index (χ2n) is 13.8. The van der Waals surface area contributed by atoms with Crippen LogP contribution in [-0.4, -0.2) is 38.9 Å². The van der Waals surface area contributed by atoms with E-state index in [4.69, 9.17) is 0 Å². The first kappa shape index (κ1) is 40.9. The summed E-state index contributed by atoms with van der Waals surface area (Å²) in [7, 11) is -1.46. The van der Waals surface area contributed by atoms with Gasteiger partial charge in [0.05, 0.1) is 22.1 Å². The van der Waals surface area contributed by atoms with Gasteiger partial charge in [0.25, 0.3) is 0 Å². The van der Waals surface area contributed by atoms with E-state index in [-0.39, 0.29) is 0 Å². The number of carbonyl (C=O) groups excluding carboxylic acids is 2. The number of para-hydroxylation sites is 4. The zero-order valence-corrected chi connectivity index (χ0v) is 36.5. The fraction of sp³-hybridized carbons (Fsp3) is 0. The van der Waals surface area contributed by atoms with Gasteiger partial charge in [0.1, 0.15) is 0 Å². The van der Waals surface area contributed by atoms with Crippen LogP contribution in [0, 0.1) is 0 Å². The summed E-state index contributed by atoms with van der Waals surface area (Å²) < 4.78 is 6.93. The van der Waals surface area contributed by atoms with Gasteiger partial charge >= 0.3 is 7.12 Å². The number of carbonyl (C=O) groups is 2. The van der Waals surface area contributed by atoms with Gasteiger partial charge in [0, 0.05) is 57.5 Å². The minimum Gasteiger partial charge on any atom is -0.423 e. The lowest BCUT2D eigenvalue weighted by Gasteiger charge is -2.09.